The summed E-state index contributed by atoms with van der Waals surface area (Å²) in [5, 5.41) is 0. The van der Waals surface area contributed by atoms with Gasteiger partial charge in [-0.2, -0.15) is 0 Å². The Morgan fingerprint density at radius 1 is 1.21 bits per heavy atom. The summed E-state index contributed by atoms with van der Waals surface area (Å²) in [6.07, 6.45) is 8.72. The lowest BCUT2D eigenvalue weighted by Gasteiger charge is -2.35. The van der Waals surface area contributed by atoms with Gasteiger partial charge < -0.3 is 9.30 Å². The minimum absolute atomic E-state index is 0.413. The zero-order valence-corrected chi connectivity index (χ0v) is 14.4. The molecule has 2 aromatic rings. The van der Waals surface area contributed by atoms with E-state index in [0.29, 0.717) is 5.41 Å². The number of fused-ring (bicyclic) bond motifs is 1. The second kappa shape index (κ2) is 5.35. The highest BCUT2D eigenvalue weighted by molar-refractivity contribution is 5.67. The highest BCUT2D eigenvalue weighted by Crippen LogP contribution is 2.45. The van der Waals surface area contributed by atoms with Gasteiger partial charge in [0.15, 0.2) is 0 Å². The van der Waals surface area contributed by atoms with Gasteiger partial charge in [-0.1, -0.05) is 18.6 Å². The van der Waals surface area contributed by atoms with Gasteiger partial charge in [-0.15, -0.1) is 0 Å². The van der Waals surface area contributed by atoms with Crippen LogP contribution in [0.5, 0.6) is 5.75 Å². The maximum absolute atomic E-state index is 5.57. The average Bonchev–Trinajstić information content (AvgIpc) is 3.21. The third-order valence-electron chi connectivity index (χ3n) is 6.41. The first-order valence-electron chi connectivity index (χ1n) is 9.20. The molecule has 24 heavy (non-hydrogen) atoms. The van der Waals surface area contributed by atoms with Gasteiger partial charge in [-0.3, -0.25) is 4.90 Å². The van der Waals surface area contributed by atoms with E-state index >= 15 is 0 Å². The molecule has 5 rings (SSSR count). The Morgan fingerprint density at radius 3 is 2.88 bits per heavy atom. The van der Waals surface area contributed by atoms with Crippen molar-refractivity contribution in [3.63, 3.8) is 0 Å². The summed E-state index contributed by atoms with van der Waals surface area (Å²) in [5.74, 6) is 2.19. The van der Waals surface area contributed by atoms with Gasteiger partial charge in [0.1, 0.15) is 11.6 Å². The summed E-state index contributed by atoms with van der Waals surface area (Å²) in [6, 6.07) is 9.15. The number of ether oxygens (including phenoxy) is 1. The van der Waals surface area contributed by atoms with Crippen LogP contribution < -0.4 is 4.74 Å². The van der Waals surface area contributed by atoms with Crippen molar-refractivity contribution in [1.29, 1.82) is 0 Å². The molecule has 3 aliphatic rings. The number of aromatic nitrogens is 2. The molecule has 0 unspecified atom stereocenters. The van der Waals surface area contributed by atoms with Gasteiger partial charge in [0.05, 0.1) is 19.0 Å². The molecule has 0 bridgehead atoms. The summed E-state index contributed by atoms with van der Waals surface area (Å²) in [4.78, 5) is 7.51. The van der Waals surface area contributed by atoms with Crippen molar-refractivity contribution in [3.05, 3.63) is 36.3 Å². The first-order valence-corrected chi connectivity index (χ1v) is 9.20. The van der Waals surface area contributed by atoms with Gasteiger partial charge in [0.2, 0.25) is 0 Å². The van der Waals surface area contributed by atoms with E-state index in [-0.39, 0.29) is 0 Å². The van der Waals surface area contributed by atoms with Gasteiger partial charge >= 0.3 is 0 Å². The van der Waals surface area contributed by atoms with E-state index in [1.165, 1.54) is 50.3 Å². The summed E-state index contributed by atoms with van der Waals surface area (Å²) >= 11 is 0. The highest BCUT2D eigenvalue weighted by Gasteiger charge is 2.46. The second-order valence-corrected chi connectivity index (χ2v) is 7.83. The van der Waals surface area contributed by atoms with Crippen LogP contribution in [0.25, 0.3) is 11.3 Å². The number of imidazole rings is 1. The molecule has 2 fully saturated rings. The Balaban J connectivity index is 1.43. The van der Waals surface area contributed by atoms with Crippen molar-refractivity contribution < 1.29 is 4.74 Å². The first kappa shape index (κ1) is 14.5. The van der Waals surface area contributed by atoms with Crippen LogP contribution in [0.15, 0.2) is 30.5 Å². The number of nitrogens with zero attached hydrogens (tertiary/aromatic N) is 3. The summed E-state index contributed by atoms with van der Waals surface area (Å²) in [6.45, 7) is 3.64. The lowest BCUT2D eigenvalue weighted by molar-refractivity contribution is 0.137. The molecule has 1 aromatic carbocycles. The van der Waals surface area contributed by atoms with Crippen molar-refractivity contribution in [3.8, 4) is 17.0 Å². The number of hydrogen-bond acceptors (Lipinski definition) is 3. The van der Waals surface area contributed by atoms with Crippen molar-refractivity contribution in [2.45, 2.75) is 44.7 Å². The Labute approximate surface area is 143 Å². The van der Waals surface area contributed by atoms with E-state index in [1.807, 2.05) is 18.3 Å². The molecule has 1 aromatic heterocycles. The van der Waals surface area contributed by atoms with E-state index in [4.69, 9.17) is 9.72 Å². The van der Waals surface area contributed by atoms with Crippen molar-refractivity contribution in [1.82, 2.24) is 14.5 Å². The summed E-state index contributed by atoms with van der Waals surface area (Å²) in [7, 11) is 1.75. The number of rotatable bonds is 3. The van der Waals surface area contributed by atoms with Crippen LogP contribution in [0, 0.1) is 5.41 Å². The van der Waals surface area contributed by atoms with Crippen LogP contribution in [0.4, 0.5) is 0 Å². The zero-order valence-electron chi connectivity index (χ0n) is 14.4. The fourth-order valence-corrected chi connectivity index (χ4v) is 4.84. The first-order chi connectivity index (χ1) is 11.8. The minimum Gasteiger partial charge on any atom is -0.496 e. The average molecular weight is 323 g/mol. The molecule has 0 amide bonds. The predicted octanol–water partition coefficient (Wildman–Crippen LogP) is 3.36. The Kier molecular flexibility index (Phi) is 3.24. The zero-order chi connectivity index (χ0) is 16.1. The third kappa shape index (κ3) is 2.12. The molecule has 126 valence electrons. The number of para-hydroxylation sites is 1. The maximum atomic E-state index is 5.57. The Morgan fingerprint density at radius 2 is 2.08 bits per heavy atom. The normalized spacial score (nSPS) is 26.7. The molecule has 2 aliphatic heterocycles. The Bertz CT molecular complexity index is 764. The van der Waals surface area contributed by atoms with Gasteiger partial charge in [0, 0.05) is 36.5 Å². The van der Waals surface area contributed by atoms with E-state index < -0.39 is 0 Å². The SMILES string of the molecule is COc1ccccc1-c1cnc2n1C[C@]1(CCN(C3CCC3)C1)C2. The maximum Gasteiger partial charge on any atom is 0.128 e. The summed E-state index contributed by atoms with van der Waals surface area (Å²) in [5.41, 5.74) is 2.78. The van der Waals surface area contributed by atoms with Crippen molar-refractivity contribution in [2.24, 2.45) is 5.41 Å². The number of benzene rings is 1. The second-order valence-electron chi connectivity index (χ2n) is 7.83. The number of likely N-dealkylation sites (tertiary alicyclic amines) is 1. The molecule has 0 N–H and O–H groups in total. The minimum atomic E-state index is 0.413. The smallest absolute Gasteiger partial charge is 0.128 e. The largest absolute Gasteiger partial charge is 0.496 e. The molecule has 4 nitrogen and oxygen atoms in total. The van der Waals surface area contributed by atoms with Crippen LogP contribution in [-0.4, -0.2) is 40.7 Å². The molecular weight excluding hydrogens is 298 g/mol. The molecule has 1 aliphatic carbocycles. The molecule has 1 atom stereocenters. The molecule has 1 saturated heterocycles. The van der Waals surface area contributed by atoms with Crippen LogP contribution in [0.2, 0.25) is 0 Å². The topological polar surface area (TPSA) is 30.3 Å². The van der Waals surface area contributed by atoms with Crippen LogP contribution in [0.3, 0.4) is 0 Å². The van der Waals surface area contributed by atoms with Crippen molar-refractivity contribution >= 4 is 0 Å². The summed E-state index contributed by atoms with van der Waals surface area (Å²) < 4.78 is 8.01. The predicted molar refractivity (Wildman–Crippen MR) is 94.2 cm³/mol. The monoisotopic (exact) mass is 323 g/mol. The standard InChI is InChI=1S/C20H25N3O/c1-24-18-8-3-2-7-16(18)17-12-21-19-11-20(14-23(17)19)9-10-22(13-20)15-5-4-6-15/h2-3,7-8,12,15H,4-6,9-11,13-14H2,1H3/t20-/m1/s1. The van der Waals surface area contributed by atoms with Gasteiger partial charge in [-0.05, 0) is 37.9 Å². The number of hydrogen-bond donors (Lipinski definition) is 0. The van der Waals surface area contributed by atoms with Gasteiger partial charge in [0.25, 0.3) is 0 Å². The highest BCUT2D eigenvalue weighted by atomic mass is 16.5. The third-order valence-corrected chi connectivity index (χ3v) is 6.41. The molecular formula is C20H25N3O. The lowest BCUT2D eigenvalue weighted by atomic mass is 9.85. The fourth-order valence-electron chi connectivity index (χ4n) is 4.84. The van der Waals surface area contributed by atoms with Crippen LogP contribution >= 0.6 is 0 Å². The molecule has 1 saturated carbocycles. The van der Waals surface area contributed by atoms with Crippen LogP contribution in [-0.2, 0) is 13.0 Å². The molecule has 0 radical (unpaired) electrons. The quantitative estimate of drug-likeness (QED) is 0.868. The van der Waals surface area contributed by atoms with E-state index in [0.717, 1.165) is 30.3 Å². The van der Waals surface area contributed by atoms with Crippen LogP contribution in [0.1, 0.15) is 31.5 Å². The molecule has 4 heteroatoms. The molecule has 1 spiro atoms. The molecule has 3 heterocycles. The fraction of sp³-hybridized carbons (Fsp3) is 0.550. The Hall–Kier alpha value is -1.81. The van der Waals surface area contributed by atoms with E-state index in [1.54, 1.807) is 7.11 Å². The van der Waals surface area contributed by atoms with Gasteiger partial charge in [-0.25, -0.2) is 4.98 Å². The van der Waals surface area contributed by atoms with Crippen molar-refractivity contribution in [2.75, 3.05) is 20.2 Å². The van der Waals surface area contributed by atoms with E-state index in [9.17, 15) is 0 Å². The number of methoxy groups -OCH3 is 1. The van der Waals surface area contributed by atoms with E-state index in [2.05, 4.69) is 21.6 Å². The lowest BCUT2D eigenvalue weighted by Crippen LogP contribution is -2.40.